The second-order valence-electron chi connectivity index (χ2n) is 7.67. The van der Waals surface area contributed by atoms with Crippen molar-refractivity contribution in [3.05, 3.63) is 36.0 Å². The molecular formula is C23H30N6O2S. The molecule has 32 heavy (non-hydrogen) atoms. The molecule has 8 nitrogen and oxygen atoms in total. The fourth-order valence-electron chi connectivity index (χ4n) is 3.87. The highest BCUT2D eigenvalue weighted by atomic mass is 32.2. The van der Waals surface area contributed by atoms with Crippen molar-refractivity contribution < 1.29 is 9.53 Å². The number of thioether (sulfide) groups is 1. The second-order valence-corrected chi connectivity index (χ2v) is 8.90. The summed E-state index contributed by atoms with van der Waals surface area (Å²) in [4.78, 5) is 24.3. The Bertz CT molecular complexity index is 1050. The SMILES string of the molecule is CCOc1ccc(CC(=O)NCCn2ncc3c(N4CCCC4)nc(SCC)nc32)cc1. The number of aromatic nitrogens is 4. The predicted molar refractivity (Wildman–Crippen MR) is 127 cm³/mol. The van der Waals surface area contributed by atoms with Gasteiger partial charge in [0, 0.05) is 19.6 Å². The van der Waals surface area contributed by atoms with Crippen LogP contribution in [-0.2, 0) is 17.8 Å². The van der Waals surface area contributed by atoms with Gasteiger partial charge in [0.1, 0.15) is 11.6 Å². The molecule has 0 saturated carbocycles. The second kappa shape index (κ2) is 10.7. The number of fused-ring (bicyclic) bond motifs is 1. The highest BCUT2D eigenvalue weighted by Gasteiger charge is 2.20. The molecule has 1 fully saturated rings. The van der Waals surface area contributed by atoms with E-state index >= 15 is 0 Å². The van der Waals surface area contributed by atoms with Crippen LogP contribution >= 0.6 is 11.8 Å². The van der Waals surface area contributed by atoms with Crippen LogP contribution in [0.2, 0.25) is 0 Å². The fraction of sp³-hybridized carbons (Fsp3) is 0.478. The zero-order valence-electron chi connectivity index (χ0n) is 18.7. The van der Waals surface area contributed by atoms with Crippen LogP contribution in [0.4, 0.5) is 5.82 Å². The van der Waals surface area contributed by atoms with E-state index in [0.717, 1.165) is 52.2 Å². The minimum atomic E-state index is -0.0137. The van der Waals surface area contributed by atoms with Crippen LogP contribution in [0.5, 0.6) is 5.75 Å². The van der Waals surface area contributed by atoms with Crippen LogP contribution in [0, 0.1) is 0 Å². The molecule has 3 aromatic rings. The minimum Gasteiger partial charge on any atom is -0.494 e. The third kappa shape index (κ3) is 5.32. The molecule has 3 heterocycles. The zero-order valence-corrected chi connectivity index (χ0v) is 19.5. The first-order valence-corrected chi connectivity index (χ1v) is 12.3. The molecule has 0 radical (unpaired) electrons. The molecule has 4 rings (SSSR count). The predicted octanol–water partition coefficient (Wildman–Crippen LogP) is 3.30. The molecule has 0 bridgehead atoms. The van der Waals surface area contributed by atoms with Gasteiger partial charge in [-0.3, -0.25) is 4.79 Å². The summed E-state index contributed by atoms with van der Waals surface area (Å²) in [5.74, 6) is 2.70. The summed E-state index contributed by atoms with van der Waals surface area (Å²) in [7, 11) is 0. The molecule has 0 spiro atoms. The standard InChI is InChI=1S/C23H30N6O2S/c1-3-31-18-9-7-17(8-10-18)15-20(30)24-11-14-29-22-19(16-25-29)21(28-12-5-6-13-28)26-23(27-22)32-4-2/h7-10,16H,3-6,11-15H2,1-2H3,(H,24,30). The molecule has 9 heteroatoms. The smallest absolute Gasteiger partial charge is 0.224 e. The maximum Gasteiger partial charge on any atom is 0.224 e. The maximum atomic E-state index is 12.4. The van der Waals surface area contributed by atoms with Gasteiger partial charge in [-0.1, -0.05) is 30.8 Å². The average molecular weight is 455 g/mol. The van der Waals surface area contributed by atoms with Crippen LogP contribution in [-0.4, -0.2) is 57.6 Å². The van der Waals surface area contributed by atoms with Crippen molar-refractivity contribution in [3.63, 3.8) is 0 Å². The molecule has 170 valence electrons. The lowest BCUT2D eigenvalue weighted by Gasteiger charge is -2.17. The van der Waals surface area contributed by atoms with Crippen molar-refractivity contribution >= 4 is 34.5 Å². The van der Waals surface area contributed by atoms with Crippen molar-refractivity contribution in [1.82, 2.24) is 25.1 Å². The van der Waals surface area contributed by atoms with E-state index in [1.54, 1.807) is 11.8 Å². The van der Waals surface area contributed by atoms with Gasteiger partial charge in [0.15, 0.2) is 10.8 Å². The van der Waals surface area contributed by atoms with Crippen LogP contribution in [0.1, 0.15) is 32.3 Å². The zero-order chi connectivity index (χ0) is 22.3. The molecule has 1 amide bonds. The number of hydrogen-bond donors (Lipinski definition) is 1. The van der Waals surface area contributed by atoms with E-state index in [9.17, 15) is 4.79 Å². The molecule has 0 atom stereocenters. The highest BCUT2D eigenvalue weighted by Crippen LogP contribution is 2.29. The van der Waals surface area contributed by atoms with Gasteiger partial charge in [-0.15, -0.1) is 0 Å². The van der Waals surface area contributed by atoms with E-state index in [1.165, 1.54) is 12.8 Å². The van der Waals surface area contributed by atoms with E-state index in [0.29, 0.717) is 26.1 Å². The molecule has 2 aromatic heterocycles. The van der Waals surface area contributed by atoms with E-state index in [4.69, 9.17) is 14.7 Å². The number of anilines is 1. The third-order valence-corrected chi connectivity index (χ3v) is 6.11. The van der Waals surface area contributed by atoms with Gasteiger partial charge in [0.2, 0.25) is 5.91 Å². The maximum absolute atomic E-state index is 12.4. The molecule has 1 N–H and O–H groups in total. The molecule has 1 aliphatic rings. The van der Waals surface area contributed by atoms with Gasteiger partial charge in [-0.25, -0.2) is 14.6 Å². The normalized spacial score (nSPS) is 13.6. The Hall–Kier alpha value is -2.81. The number of nitrogens with one attached hydrogen (secondary N) is 1. The van der Waals surface area contributed by atoms with Crippen molar-refractivity contribution in [2.45, 2.75) is 44.8 Å². The summed E-state index contributed by atoms with van der Waals surface area (Å²) in [5, 5.41) is 9.30. The Balaban J connectivity index is 1.40. The summed E-state index contributed by atoms with van der Waals surface area (Å²) >= 11 is 1.64. The highest BCUT2D eigenvalue weighted by molar-refractivity contribution is 7.99. The first-order chi connectivity index (χ1) is 15.7. The number of amides is 1. The van der Waals surface area contributed by atoms with Crippen molar-refractivity contribution in [2.24, 2.45) is 0 Å². The quantitative estimate of drug-likeness (QED) is 0.372. The van der Waals surface area contributed by atoms with Crippen molar-refractivity contribution in [2.75, 3.05) is 36.9 Å². The lowest BCUT2D eigenvalue weighted by atomic mass is 10.1. The topological polar surface area (TPSA) is 85.2 Å². The van der Waals surface area contributed by atoms with Gasteiger partial charge in [0.25, 0.3) is 0 Å². The molecule has 1 aromatic carbocycles. The summed E-state index contributed by atoms with van der Waals surface area (Å²) in [6.07, 6.45) is 4.57. The lowest BCUT2D eigenvalue weighted by Crippen LogP contribution is -2.29. The summed E-state index contributed by atoms with van der Waals surface area (Å²) in [6.45, 7) is 7.78. The van der Waals surface area contributed by atoms with Gasteiger partial charge in [-0.2, -0.15) is 5.10 Å². The number of carbonyl (C=O) groups is 1. The van der Waals surface area contributed by atoms with Crippen molar-refractivity contribution in [1.29, 1.82) is 0 Å². The molecule has 1 saturated heterocycles. The first kappa shape index (κ1) is 22.4. The third-order valence-electron chi connectivity index (χ3n) is 5.38. The van der Waals surface area contributed by atoms with Crippen LogP contribution < -0.4 is 15.0 Å². The van der Waals surface area contributed by atoms with Gasteiger partial charge >= 0.3 is 0 Å². The average Bonchev–Trinajstić information content (AvgIpc) is 3.46. The van der Waals surface area contributed by atoms with E-state index < -0.39 is 0 Å². The number of benzene rings is 1. The number of hydrogen-bond acceptors (Lipinski definition) is 7. The Morgan fingerprint density at radius 3 is 2.66 bits per heavy atom. The Morgan fingerprint density at radius 2 is 1.94 bits per heavy atom. The van der Waals surface area contributed by atoms with Gasteiger partial charge < -0.3 is 15.0 Å². The summed E-state index contributed by atoms with van der Waals surface area (Å²) in [5.41, 5.74) is 1.79. The summed E-state index contributed by atoms with van der Waals surface area (Å²) < 4.78 is 7.32. The Labute approximate surface area is 192 Å². The van der Waals surface area contributed by atoms with Crippen LogP contribution in [0.15, 0.2) is 35.6 Å². The van der Waals surface area contributed by atoms with Crippen LogP contribution in [0.25, 0.3) is 11.0 Å². The number of carbonyl (C=O) groups excluding carboxylic acids is 1. The van der Waals surface area contributed by atoms with Crippen molar-refractivity contribution in [3.8, 4) is 5.75 Å². The van der Waals surface area contributed by atoms with Gasteiger partial charge in [-0.05, 0) is 43.2 Å². The Morgan fingerprint density at radius 1 is 1.16 bits per heavy atom. The van der Waals surface area contributed by atoms with E-state index in [1.807, 2.05) is 42.1 Å². The molecule has 0 aliphatic carbocycles. The van der Waals surface area contributed by atoms with Gasteiger partial charge in [0.05, 0.1) is 31.2 Å². The molecule has 1 aliphatic heterocycles. The lowest BCUT2D eigenvalue weighted by molar-refractivity contribution is -0.120. The van der Waals surface area contributed by atoms with E-state index in [-0.39, 0.29) is 5.91 Å². The number of nitrogens with zero attached hydrogens (tertiary/aromatic N) is 5. The first-order valence-electron chi connectivity index (χ1n) is 11.3. The largest absolute Gasteiger partial charge is 0.494 e. The molecular weight excluding hydrogens is 424 g/mol. The monoisotopic (exact) mass is 454 g/mol. The Kier molecular flexibility index (Phi) is 7.47. The summed E-state index contributed by atoms with van der Waals surface area (Å²) in [6, 6.07) is 7.64. The van der Waals surface area contributed by atoms with E-state index in [2.05, 4.69) is 22.2 Å². The van der Waals surface area contributed by atoms with Crippen LogP contribution in [0.3, 0.4) is 0 Å². The minimum absolute atomic E-state index is 0.0137. The molecule has 0 unspecified atom stereocenters. The fourth-order valence-corrected chi connectivity index (χ4v) is 4.43. The number of rotatable bonds is 10. The number of ether oxygens (including phenoxy) is 1.